The smallest absolute Gasteiger partial charge is 0.235 e. The molecule has 1 atom stereocenters. The number of halogens is 1. The first-order valence-electron chi connectivity index (χ1n) is 8.39. The van der Waals surface area contributed by atoms with Crippen molar-refractivity contribution < 1.29 is 13.9 Å². The molecule has 0 N–H and O–H groups in total. The van der Waals surface area contributed by atoms with Crippen molar-refractivity contribution in [1.29, 1.82) is 0 Å². The first-order valence-corrected chi connectivity index (χ1v) is 9.27. The van der Waals surface area contributed by atoms with E-state index in [0.29, 0.717) is 43.1 Å². The molecular formula is C17H22FN5O2S. The molecule has 0 saturated carbocycles. The van der Waals surface area contributed by atoms with Crippen molar-refractivity contribution >= 4 is 23.6 Å². The molecule has 3 rings (SSSR count). The molecule has 1 aromatic heterocycles. The largest absolute Gasteiger partial charge is 0.378 e. The highest BCUT2D eigenvalue weighted by molar-refractivity contribution is 8.00. The van der Waals surface area contributed by atoms with Crippen LogP contribution in [0.2, 0.25) is 0 Å². The number of rotatable bonds is 5. The van der Waals surface area contributed by atoms with E-state index in [9.17, 15) is 9.18 Å². The van der Waals surface area contributed by atoms with Gasteiger partial charge in [0.05, 0.1) is 24.2 Å². The van der Waals surface area contributed by atoms with Crippen molar-refractivity contribution in [1.82, 2.24) is 19.7 Å². The Kier molecular flexibility index (Phi) is 5.77. The van der Waals surface area contributed by atoms with Crippen molar-refractivity contribution in [3.63, 3.8) is 0 Å². The van der Waals surface area contributed by atoms with Gasteiger partial charge in [-0.25, -0.2) is 4.39 Å². The van der Waals surface area contributed by atoms with Gasteiger partial charge in [-0.3, -0.25) is 9.36 Å². The van der Waals surface area contributed by atoms with Gasteiger partial charge in [-0.2, -0.15) is 0 Å². The van der Waals surface area contributed by atoms with Gasteiger partial charge in [0.2, 0.25) is 11.9 Å². The molecule has 1 amide bonds. The van der Waals surface area contributed by atoms with E-state index in [1.807, 2.05) is 6.92 Å². The summed E-state index contributed by atoms with van der Waals surface area (Å²) in [6.45, 7) is 4.41. The average Bonchev–Trinajstić information content (AvgIpc) is 3.05. The monoisotopic (exact) mass is 379 g/mol. The number of aromatic nitrogens is 3. The highest BCUT2D eigenvalue weighted by atomic mass is 32.2. The number of benzene rings is 1. The number of carbonyl (C=O) groups excluding carboxylic acids is 1. The minimum atomic E-state index is -0.336. The van der Waals surface area contributed by atoms with Crippen LogP contribution in [0.1, 0.15) is 6.92 Å². The molecule has 140 valence electrons. The summed E-state index contributed by atoms with van der Waals surface area (Å²) in [6, 6.07) is 6.29. The molecule has 1 aliphatic heterocycles. The lowest BCUT2D eigenvalue weighted by molar-refractivity contribution is -0.127. The summed E-state index contributed by atoms with van der Waals surface area (Å²) < 4.78 is 21.0. The summed E-state index contributed by atoms with van der Waals surface area (Å²) in [4.78, 5) is 15.8. The van der Waals surface area contributed by atoms with Gasteiger partial charge in [-0.15, -0.1) is 10.2 Å². The lowest BCUT2D eigenvalue weighted by Gasteiger charge is -2.28. The van der Waals surface area contributed by atoms with E-state index in [2.05, 4.69) is 15.1 Å². The maximum atomic E-state index is 13.8. The second kappa shape index (κ2) is 8.05. The highest BCUT2D eigenvalue weighted by Crippen LogP contribution is 2.30. The summed E-state index contributed by atoms with van der Waals surface area (Å²) in [5.41, 5.74) is 0.628. The van der Waals surface area contributed by atoms with E-state index in [4.69, 9.17) is 4.74 Å². The number of thioether (sulfide) groups is 1. The van der Waals surface area contributed by atoms with Crippen molar-refractivity contribution in [2.75, 3.05) is 45.3 Å². The van der Waals surface area contributed by atoms with Crippen LogP contribution in [0.3, 0.4) is 0 Å². The normalized spacial score (nSPS) is 15.8. The SMILES string of the molecule is C[C@H](Sc1nnc(N2CCOCC2)n1-c1cccc(F)c1)C(=O)N(C)C. The molecule has 9 heteroatoms. The van der Waals surface area contributed by atoms with Gasteiger partial charge in [0.25, 0.3) is 0 Å². The molecule has 1 aromatic carbocycles. The predicted molar refractivity (Wildman–Crippen MR) is 98.4 cm³/mol. The Morgan fingerprint density at radius 1 is 1.31 bits per heavy atom. The standard InChI is InChI=1S/C17H22FN5O2S/c1-12(15(24)21(2)3)26-17-20-19-16(22-7-9-25-10-8-22)23(17)14-6-4-5-13(18)11-14/h4-6,11-12H,7-10H2,1-3H3/t12-/m0/s1. The number of morpholine rings is 1. The number of carbonyl (C=O) groups is 1. The molecule has 1 fully saturated rings. The zero-order valence-electron chi connectivity index (χ0n) is 15.1. The molecule has 0 spiro atoms. The lowest BCUT2D eigenvalue weighted by Crippen LogP contribution is -2.38. The third-order valence-corrected chi connectivity index (χ3v) is 5.08. The Balaban J connectivity index is 1.98. The predicted octanol–water partition coefficient (Wildman–Crippen LogP) is 1.81. The number of anilines is 1. The first-order chi connectivity index (χ1) is 12.5. The fraction of sp³-hybridized carbons (Fsp3) is 0.471. The molecule has 2 heterocycles. The van der Waals surface area contributed by atoms with Crippen LogP contribution in [0.15, 0.2) is 29.4 Å². The third-order valence-electron chi connectivity index (χ3n) is 4.05. The summed E-state index contributed by atoms with van der Waals surface area (Å²) in [5, 5.41) is 8.82. The minimum absolute atomic E-state index is 0.0169. The zero-order valence-corrected chi connectivity index (χ0v) is 15.9. The fourth-order valence-corrected chi connectivity index (χ4v) is 3.73. The molecule has 1 aliphatic rings. The van der Waals surface area contributed by atoms with Gasteiger partial charge in [-0.1, -0.05) is 17.8 Å². The van der Waals surface area contributed by atoms with Crippen molar-refractivity contribution in [2.24, 2.45) is 0 Å². The molecule has 1 saturated heterocycles. The molecule has 26 heavy (non-hydrogen) atoms. The maximum absolute atomic E-state index is 13.8. The maximum Gasteiger partial charge on any atom is 0.235 e. The zero-order chi connectivity index (χ0) is 18.7. The van der Waals surface area contributed by atoms with E-state index in [0.717, 1.165) is 0 Å². The van der Waals surface area contributed by atoms with Crippen LogP contribution in [-0.4, -0.2) is 71.2 Å². The summed E-state index contributed by atoms with van der Waals surface area (Å²) in [6.07, 6.45) is 0. The Morgan fingerprint density at radius 2 is 2.04 bits per heavy atom. The van der Waals surface area contributed by atoms with Gasteiger partial charge in [0.1, 0.15) is 5.82 Å². The van der Waals surface area contributed by atoms with Gasteiger partial charge in [-0.05, 0) is 25.1 Å². The van der Waals surface area contributed by atoms with Crippen molar-refractivity contribution in [3.8, 4) is 5.69 Å². The molecule has 0 radical (unpaired) electrons. The third kappa shape index (κ3) is 3.99. The summed E-state index contributed by atoms with van der Waals surface area (Å²) in [7, 11) is 3.44. The fourth-order valence-electron chi connectivity index (χ4n) is 2.72. The molecule has 0 bridgehead atoms. The van der Waals surface area contributed by atoms with Crippen molar-refractivity contribution in [3.05, 3.63) is 30.1 Å². The Hall–Kier alpha value is -2.13. The Bertz CT molecular complexity index is 776. The average molecular weight is 379 g/mol. The number of nitrogens with zero attached hydrogens (tertiary/aromatic N) is 5. The summed E-state index contributed by atoms with van der Waals surface area (Å²) in [5.74, 6) is 0.278. The van der Waals surface area contributed by atoms with E-state index in [1.54, 1.807) is 35.7 Å². The molecule has 2 aromatic rings. The Morgan fingerprint density at radius 3 is 2.69 bits per heavy atom. The topological polar surface area (TPSA) is 63.5 Å². The van der Waals surface area contributed by atoms with Crippen LogP contribution >= 0.6 is 11.8 Å². The number of ether oxygens (including phenoxy) is 1. The van der Waals surface area contributed by atoms with Crippen LogP contribution in [0, 0.1) is 5.82 Å². The number of hydrogen-bond donors (Lipinski definition) is 0. The molecule has 7 nitrogen and oxygen atoms in total. The Labute approximate surface area is 156 Å². The quantitative estimate of drug-likeness (QED) is 0.739. The van der Waals surface area contributed by atoms with Gasteiger partial charge >= 0.3 is 0 Å². The van der Waals surface area contributed by atoms with Crippen molar-refractivity contribution in [2.45, 2.75) is 17.3 Å². The van der Waals surface area contributed by atoms with E-state index in [-0.39, 0.29) is 17.0 Å². The molecule has 0 unspecified atom stereocenters. The second-order valence-corrected chi connectivity index (χ2v) is 7.50. The van der Waals surface area contributed by atoms with Crippen LogP contribution in [0.5, 0.6) is 0 Å². The highest BCUT2D eigenvalue weighted by Gasteiger charge is 2.25. The van der Waals surface area contributed by atoms with Crippen LogP contribution in [0.4, 0.5) is 10.3 Å². The lowest BCUT2D eigenvalue weighted by atomic mass is 10.3. The van der Waals surface area contributed by atoms with Gasteiger partial charge in [0, 0.05) is 27.2 Å². The number of amides is 1. The van der Waals surface area contributed by atoms with Gasteiger partial charge < -0.3 is 14.5 Å². The number of hydrogen-bond acceptors (Lipinski definition) is 6. The van der Waals surface area contributed by atoms with E-state index < -0.39 is 0 Å². The van der Waals surface area contributed by atoms with Gasteiger partial charge in [0.15, 0.2) is 5.16 Å². The summed E-state index contributed by atoms with van der Waals surface area (Å²) >= 11 is 1.31. The van der Waals surface area contributed by atoms with E-state index >= 15 is 0 Å². The van der Waals surface area contributed by atoms with Crippen LogP contribution in [0.25, 0.3) is 5.69 Å². The molecular weight excluding hydrogens is 357 g/mol. The van der Waals surface area contributed by atoms with Crippen LogP contribution < -0.4 is 4.90 Å². The first kappa shape index (κ1) is 18.7. The van der Waals surface area contributed by atoms with E-state index in [1.165, 1.54) is 23.9 Å². The minimum Gasteiger partial charge on any atom is -0.378 e. The van der Waals surface area contributed by atoms with Crippen LogP contribution in [-0.2, 0) is 9.53 Å². The second-order valence-electron chi connectivity index (χ2n) is 6.19. The molecule has 0 aliphatic carbocycles.